The molecular weight excluding hydrogens is 424 g/mol. The summed E-state index contributed by atoms with van der Waals surface area (Å²) in [5, 5.41) is 7.79. The predicted octanol–water partition coefficient (Wildman–Crippen LogP) is 6.34. The van der Waals surface area contributed by atoms with Gasteiger partial charge in [0.15, 0.2) is 0 Å². The smallest absolute Gasteiger partial charge is 0.213 e. The number of nitrogens with zero attached hydrogens (tertiary/aromatic N) is 2. The Hall–Kier alpha value is -2.30. The molecule has 27 heavy (non-hydrogen) atoms. The van der Waals surface area contributed by atoms with Crippen molar-refractivity contribution >= 4 is 33.2 Å². The molecule has 3 nitrogen and oxygen atoms in total. The van der Waals surface area contributed by atoms with Gasteiger partial charge in [0.05, 0.1) is 11.8 Å². The minimum atomic E-state index is -0.241. The number of ether oxygens (including phenoxy) is 1. The average Bonchev–Trinajstić information content (AvgIpc) is 3.14. The molecule has 2 heterocycles. The van der Waals surface area contributed by atoms with Gasteiger partial charge in [0.25, 0.3) is 0 Å². The zero-order valence-electron chi connectivity index (χ0n) is 14.3. The highest BCUT2D eigenvalue weighted by atomic mass is 79.9. The lowest BCUT2D eigenvalue weighted by molar-refractivity contribution is -0.0190. The Kier molecular flexibility index (Phi) is 4.18. The van der Waals surface area contributed by atoms with Crippen LogP contribution in [0.25, 0.3) is 0 Å². The largest absolute Gasteiger partial charge is 0.464 e. The van der Waals surface area contributed by atoms with Crippen LogP contribution in [0.2, 0.25) is 5.02 Å². The maximum Gasteiger partial charge on any atom is 0.213 e. The van der Waals surface area contributed by atoms with Crippen LogP contribution >= 0.6 is 27.5 Å². The molecule has 0 spiro atoms. The van der Waals surface area contributed by atoms with Crippen LogP contribution in [0.15, 0.2) is 82.4 Å². The second-order valence-corrected chi connectivity index (χ2v) is 8.07. The van der Waals surface area contributed by atoms with Crippen LogP contribution in [0.4, 0.5) is 0 Å². The SMILES string of the molecule is Clc1ccc(C2=NN3[C@H](C2)c2cc(Br)ccc2O[C@H]3c2ccccc2)cc1. The van der Waals surface area contributed by atoms with E-state index in [1.165, 1.54) is 0 Å². The Bertz CT molecular complexity index is 1020. The van der Waals surface area contributed by atoms with Crippen molar-refractivity contribution in [1.29, 1.82) is 0 Å². The van der Waals surface area contributed by atoms with E-state index in [1.807, 2.05) is 54.6 Å². The van der Waals surface area contributed by atoms with Crippen LogP contribution in [0.5, 0.6) is 5.75 Å². The normalized spacial score (nSPS) is 20.5. The Labute approximate surface area is 171 Å². The molecule has 0 saturated heterocycles. The van der Waals surface area contributed by atoms with E-state index in [4.69, 9.17) is 21.4 Å². The van der Waals surface area contributed by atoms with Gasteiger partial charge in [0.1, 0.15) is 5.75 Å². The highest BCUT2D eigenvalue weighted by Crippen LogP contribution is 2.48. The zero-order valence-corrected chi connectivity index (χ0v) is 16.7. The van der Waals surface area contributed by atoms with E-state index in [-0.39, 0.29) is 12.3 Å². The standard InChI is InChI=1S/C22H16BrClN2O/c23-16-8-11-21-18(12-16)20-13-19(14-6-9-17(24)10-7-14)25-26(20)22(27-21)15-4-2-1-3-5-15/h1-12,20,22H,13H2/t20-,22+/m1/s1. The molecule has 0 saturated carbocycles. The van der Waals surface area contributed by atoms with Crippen LogP contribution in [-0.4, -0.2) is 10.7 Å². The summed E-state index contributed by atoms with van der Waals surface area (Å²) in [5.74, 6) is 0.917. The lowest BCUT2D eigenvalue weighted by atomic mass is 9.96. The van der Waals surface area contributed by atoms with Crippen LogP contribution in [0.3, 0.4) is 0 Å². The second kappa shape index (κ2) is 6.70. The molecule has 0 radical (unpaired) electrons. The first kappa shape index (κ1) is 16.8. The Balaban J connectivity index is 1.60. The van der Waals surface area contributed by atoms with E-state index in [9.17, 15) is 0 Å². The van der Waals surface area contributed by atoms with E-state index in [0.29, 0.717) is 0 Å². The number of hydrogen-bond acceptors (Lipinski definition) is 3. The minimum Gasteiger partial charge on any atom is -0.464 e. The maximum absolute atomic E-state index is 6.37. The van der Waals surface area contributed by atoms with Crippen LogP contribution in [-0.2, 0) is 0 Å². The summed E-state index contributed by atoms with van der Waals surface area (Å²) in [6.07, 6.45) is 0.590. The molecule has 5 heteroatoms. The number of benzene rings is 3. The highest BCUT2D eigenvalue weighted by molar-refractivity contribution is 9.10. The summed E-state index contributed by atoms with van der Waals surface area (Å²) in [5.41, 5.74) is 4.40. The van der Waals surface area contributed by atoms with Gasteiger partial charge >= 0.3 is 0 Å². The van der Waals surface area contributed by atoms with Crippen LogP contribution < -0.4 is 4.74 Å². The fourth-order valence-electron chi connectivity index (χ4n) is 3.71. The fraction of sp³-hybridized carbons (Fsp3) is 0.136. The zero-order chi connectivity index (χ0) is 18.4. The first-order valence-corrected chi connectivity index (χ1v) is 9.99. The van der Waals surface area contributed by atoms with Gasteiger partial charge in [-0.2, -0.15) is 5.10 Å². The molecule has 0 aliphatic carbocycles. The molecule has 2 aliphatic heterocycles. The number of rotatable bonds is 2. The van der Waals surface area contributed by atoms with Crippen molar-refractivity contribution in [2.45, 2.75) is 18.7 Å². The molecule has 5 rings (SSSR count). The van der Waals surface area contributed by atoms with E-state index >= 15 is 0 Å². The highest BCUT2D eigenvalue weighted by Gasteiger charge is 2.40. The molecule has 0 N–H and O–H groups in total. The van der Waals surface area contributed by atoms with E-state index in [0.717, 1.165) is 44.1 Å². The maximum atomic E-state index is 6.37. The molecule has 0 aromatic heterocycles. The number of hydrazone groups is 1. The van der Waals surface area contributed by atoms with Gasteiger partial charge in [-0.3, -0.25) is 0 Å². The molecule has 0 unspecified atom stereocenters. The Morgan fingerprint density at radius 3 is 2.56 bits per heavy atom. The van der Waals surface area contributed by atoms with Crippen LogP contribution in [0, 0.1) is 0 Å². The van der Waals surface area contributed by atoms with Crippen molar-refractivity contribution < 1.29 is 4.74 Å². The summed E-state index contributed by atoms with van der Waals surface area (Å²) in [7, 11) is 0. The first-order chi connectivity index (χ1) is 13.2. The molecule has 0 amide bonds. The lowest BCUT2D eigenvalue weighted by Crippen LogP contribution is -2.33. The number of halogens is 2. The van der Waals surface area contributed by atoms with Crippen molar-refractivity contribution in [3.8, 4) is 5.75 Å². The monoisotopic (exact) mass is 438 g/mol. The van der Waals surface area contributed by atoms with E-state index in [2.05, 4.69) is 39.1 Å². The molecule has 0 fully saturated rings. The minimum absolute atomic E-state index is 0.141. The van der Waals surface area contributed by atoms with Gasteiger partial charge in [0, 0.05) is 27.0 Å². The summed E-state index contributed by atoms with van der Waals surface area (Å²) in [6.45, 7) is 0. The molecule has 2 aliphatic rings. The predicted molar refractivity (Wildman–Crippen MR) is 111 cm³/mol. The fourth-order valence-corrected chi connectivity index (χ4v) is 4.22. The third kappa shape index (κ3) is 3.03. The van der Waals surface area contributed by atoms with E-state index in [1.54, 1.807) is 0 Å². The Morgan fingerprint density at radius 1 is 1.00 bits per heavy atom. The molecule has 2 atom stereocenters. The molecule has 134 valence electrons. The van der Waals surface area contributed by atoms with Gasteiger partial charge in [0.2, 0.25) is 6.23 Å². The van der Waals surface area contributed by atoms with Crippen LogP contribution in [0.1, 0.15) is 35.4 Å². The van der Waals surface area contributed by atoms with Gasteiger partial charge in [-0.15, -0.1) is 0 Å². The molecule has 0 bridgehead atoms. The van der Waals surface area contributed by atoms with E-state index < -0.39 is 0 Å². The molecular formula is C22H16BrClN2O. The topological polar surface area (TPSA) is 24.8 Å². The van der Waals surface area contributed by atoms with Gasteiger partial charge in [-0.05, 0) is 35.9 Å². The van der Waals surface area contributed by atoms with Gasteiger partial charge < -0.3 is 4.74 Å². The quantitative estimate of drug-likeness (QED) is 0.465. The van der Waals surface area contributed by atoms with Crippen molar-refractivity contribution in [2.75, 3.05) is 0 Å². The Morgan fingerprint density at radius 2 is 1.78 bits per heavy atom. The molecule has 3 aromatic rings. The third-order valence-corrected chi connectivity index (χ3v) is 5.76. The summed E-state index contributed by atoms with van der Waals surface area (Å²) in [6, 6.07) is 24.5. The summed E-state index contributed by atoms with van der Waals surface area (Å²) >= 11 is 9.64. The average molecular weight is 440 g/mol. The summed E-state index contributed by atoms with van der Waals surface area (Å²) < 4.78 is 7.41. The van der Waals surface area contributed by atoms with Gasteiger partial charge in [-0.25, -0.2) is 5.01 Å². The van der Waals surface area contributed by atoms with Crippen molar-refractivity contribution in [1.82, 2.24) is 5.01 Å². The second-order valence-electron chi connectivity index (χ2n) is 6.72. The van der Waals surface area contributed by atoms with Crippen molar-refractivity contribution in [2.24, 2.45) is 5.10 Å². The lowest BCUT2D eigenvalue weighted by Gasteiger charge is -2.38. The van der Waals surface area contributed by atoms with Crippen molar-refractivity contribution in [3.63, 3.8) is 0 Å². The summed E-state index contributed by atoms with van der Waals surface area (Å²) in [4.78, 5) is 0. The first-order valence-electron chi connectivity index (χ1n) is 8.82. The third-order valence-electron chi connectivity index (χ3n) is 5.01. The number of fused-ring (bicyclic) bond motifs is 3. The van der Waals surface area contributed by atoms with Crippen molar-refractivity contribution in [3.05, 3.63) is 99.0 Å². The molecule has 3 aromatic carbocycles. The number of hydrogen-bond donors (Lipinski definition) is 0. The van der Waals surface area contributed by atoms with Gasteiger partial charge in [-0.1, -0.05) is 70.0 Å².